The second-order valence-corrected chi connectivity index (χ2v) is 3.97. The van der Waals surface area contributed by atoms with Crippen molar-refractivity contribution in [1.29, 1.82) is 0 Å². The summed E-state index contributed by atoms with van der Waals surface area (Å²) < 4.78 is 4.61. The molecule has 0 unspecified atom stereocenters. The predicted octanol–water partition coefficient (Wildman–Crippen LogP) is 1.10. The van der Waals surface area contributed by atoms with Crippen LogP contribution in [-0.2, 0) is 0 Å². The van der Waals surface area contributed by atoms with Crippen molar-refractivity contribution in [3.05, 3.63) is 18.0 Å². The van der Waals surface area contributed by atoms with Crippen LogP contribution in [0.25, 0.3) is 0 Å². The molecule has 6 heteroatoms. The van der Waals surface area contributed by atoms with Crippen LogP contribution in [0.3, 0.4) is 0 Å². The van der Waals surface area contributed by atoms with Crippen molar-refractivity contribution in [1.82, 2.24) is 10.5 Å². The Morgan fingerprint density at radius 2 is 2.12 bits per heavy atom. The van der Waals surface area contributed by atoms with Gasteiger partial charge in [-0.3, -0.25) is 4.79 Å². The number of hydrogen-bond acceptors (Lipinski definition) is 4. The third-order valence-electron chi connectivity index (χ3n) is 2.78. The molecule has 5 nitrogen and oxygen atoms in total. The van der Waals surface area contributed by atoms with E-state index in [0.717, 1.165) is 25.7 Å². The van der Waals surface area contributed by atoms with Crippen LogP contribution in [0.4, 0.5) is 0 Å². The van der Waals surface area contributed by atoms with Crippen LogP contribution in [0.2, 0.25) is 0 Å². The van der Waals surface area contributed by atoms with Gasteiger partial charge in [0.15, 0.2) is 5.69 Å². The van der Waals surface area contributed by atoms with Gasteiger partial charge in [0.2, 0.25) is 0 Å². The fourth-order valence-electron chi connectivity index (χ4n) is 1.85. The SMILES string of the molecule is Cl.NC1CCC(NC(=O)c2ccon2)CC1. The van der Waals surface area contributed by atoms with Gasteiger partial charge in [0.1, 0.15) is 6.26 Å². The monoisotopic (exact) mass is 245 g/mol. The summed E-state index contributed by atoms with van der Waals surface area (Å²) in [7, 11) is 0. The molecule has 1 aliphatic carbocycles. The largest absolute Gasteiger partial charge is 0.364 e. The number of halogens is 1. The van der Waals surface area contributed by atoms with E-state index in [1.807, 2.05) is 0 Å². The maximum Gasteiger partial charge on any atom is 0.273 e. The summed E-state index contributed by atoms with van der Waals surface area (Å²) in [6.45, 7) is 0. The summed E-state index contributed by atoms with van der Waals surface area (Å²) in [6.07, 6.45) is 5.24. The molecular weight excluding hydrogens is 230 g/mol. The van der Waals surface area contributed by atoms with Gasteiger partial charge in [-0.15, -0.1) is 12.4 Å². The standard InChI is InChI=1S/C10H15N3O2.ClH/c11-7-1-3-8(4-2-7)12-10(14)9-5-6-15-13-9;/h5-8H,1-4,11H2,(H,12,14);1H. The topological polar surface area (TPSA) is 81.1 Å². The van der Waals surface area contributed by atoms with Gasteiger partial charge in [-0.2, -0.15) is 0 Å². The number of nitrogens with zero attached hydrogens (tertiary/aromatic N) is 1. The highest BCUT2D eigenvalue weighted by Crippen LogP contribution is 2.17. The molecule has 0 spiro atoms. The first kappa shape index (κ1) is 13.0. The molecule has 1 saturated carbocycles. The molecule has 0 aromatic carbocycles. The van der Waals surface area contributed by atoms with Crippen LogP contribution >= 0.6 is 12.4 Å². The van der Waals surface area contributed by atoms with Crippen LogP contribution in [-0.4, -0.2) is 23.1 Å². The fourth-order valence-corrected chi connectivity index (χ4v) is 1.85. The zero-order valence-electron chi connectivity index (χ0n) is 8.89. The number of carbonyl (C=O) groups excluding carboxylic acids is 1. The molecule has 90 valence electrons. The summed E-state index contributed by atoms with van der Waals surface area (Å²) in [4.78, 5) is 11.6. The first-order valence-electron chi connectivity index (χ1n) is 5.22. The third-order valence-corrected chi connectivity index (χ3v) is 2.78. The second-order valence-electron chi connectivity index (χ2n) is 3.97. The molecular formula is C10H16ClN3O2. The Hall–Kier alpha value is -1.07. The van der Waals surface area contributed by atoms with Crippen molar-refractivity contribution in [2.24, 2.45) is 5.73 Å². The lowest BCUT2D eigenvalue weighted by molar-refractivity contribution is 0.0916. The average molecular weight is 246 g/mol. The lowest BCUT2D eigenvalue weighted by atomic mass is 9.92. The first-order valence-corrected chi connectivity index (χ1v) is 5.22. The minimum Gasteiger partial charge on any atom is -0.364 e. The summed E-state index contributed by atoms with van der Waals surface area (Å²) in [6, 6.07) is 2.09. The van der Waals surface area contributed by atoms with E-state index in [4.69, 9.17) is 5.73 Å². The summed E-state index contributed by atoms with van der Waals surface area (Å²) in [5.41, 5.74) is 6.12. The van der Waals surface area contributed by atoms with Gasteiger partial charge in [0.05, 0.1) is 0 Å². The van der Waals surface area contributed by atoms with Gasteiger partial charge in [-0.05, 0) is 25.7 Å². The van der Waals surface area contributed by atoms with Gasteiger partial charge in [0.25, 0.3) is 5.91 Å². The van der Waals surface area contributed by atoms with Gasteiger partial charge >= 0.3 is 0 Å². The molecule has 1 fully saturated rings. The van der Waals surface area contributed by atoms with Gasteiger partial charge in [-0.25, -0.2) is 0 Å². The zero-order chi connectivity index (χ0) is 10.7. The Labute approximate surface area is 100 Å². The Morgan fingerprint density at radius 1 is 1.44 bits per heavy atom. The number of nitrogens with two attached hydrogens (primary N) is 1. The van der Waals surface area contributed by atoms with Crippen LogP contribution in [0.15, 0.2) is 16.9 Å². The number of rotatable bonds is 2. The molecule has 0 aliphatic heterocycles. The van der Waals surface area contributed by atoms with Crippen molar-refractivity contribution in [3.8, 4) is 0 Å². The molecule has 0 atom stereocenters. The molecule has 1 amide bonds. The Morgan fingerprint density at radius 3 is 2.69 bits per heavy atom. The number of nitrogens with one attached hydrogen (secondary N) is 1. The van der Waals surface area contributed by atoms with Crippen LogP contribution < -0.4 is 11.1 Å². The van der Waals surface area contributed by atoms with E-state index in [1.54, 1.807) is 6.07 Å². The highest BCUT2D eigenvalue weighted by molar-refractivity contribution is 5.92. The molecule has 0 radical (unpaired) electrons. The van der Waals surface area contributed by atoms with Gasteiger partial charge in [0, 0.05) is 18.2 Å². The van der Waals surface area contributed by atoms with Crippen LogP contribution in [0.5, 0.6) is 0 Å². The zero-order valence-corrected chi connectivity index (χ0v) is 9.70. The molecule has 0 saturated heterocycles. The minimum atomic E-state index is -0.163. The van der Waals surface area contributed by atoms with E-state index in [-0.39, 0.29) is 24.4 Å². The Bertz CT molecular complexity index is 321. The highest BCUT2D eigenvalue weighted by Gasteiger charge is 2.21. The summed E-state index contributed by atoms with van der Waals surface area (Å²) >= 11 is 0. The lowest BCUT2D eigenvalue weighted by Gasteiger charge is -2.26. The Balaban J connectivity index is 0.00000128. The van der Waals surface area contributed by atoms with Crippen molar-refractivity contribution < 1.29 is 9.32 Å². The van der Waals surface area contributed by atoms with E-state index in [0.29, 0.717) is 11.7 Å². The number of aromatic nitrogens is 1. The molecule has 1 aromatic heterocycles. The number of carbonyl (C=O) groups is 1. The lowest BCUT2D eigenvalue weighted by Crippen LogP contribution is -2.40. The summed E-state index contributed by atoms with van der Waals surface area (Å²) in [5.74, 6) is -0.163. The summed E-state index contributed by atoms with van der Waals surface area (Å²) in [5, 5.41) is 6.51. The van der Waals surface area contributed by atoms with Crippen LogP contribution in [0, 0.1) is 0 Å². The van der Waals surface area contributed by atoms with Crippen molar-refractivity contribution in [3.63, 3.8) is 0 Å². The molecule has 1 aliphatic rings. The van der Waals surface area contributed by atoms with Gasteiger partial charge in [-0.1, -0.05) is 5.16 Å². The van der Waals surface area contributed by atoms with Crippen molar-refractivity contribution >= 4 is 18.3 Å². The average Bonchev–Trinajstić information content (AvgIpc) is 2.74. The van der Waals surface area contributed by atoms with Crippen LogP contribution in [0.1, 0.15) is 36.2 Å². The molecule has 16 heavy (non-hydrogen) atoms. The molecule has 0 bridgehead atoms. The molecule has 2 rings (SSSR count). The van der Waals surface area contributed by atoms with E-state index in [1.165, 1.54) is 6.26 Å². The van der Waals surface area contributed by atoms with Crippen molar-refractivity contribution in [2.45, 2.75) is 37.8 Å². The molecule has 1 aromatic rings. The van der Waals surface area contributed by atoms with E-state index < -0.39 is 0 Å². The Kier molecular flexibility index (Phi) is 4.76. The smallest absolute Gasteiger partial charge is 0.273 e. The number of hydrogen-bond donors (Lipinski definition) is 2. The quantitative estimate of drug-likeness (QED) is 0.818. The predicted molar refractivity (Wildman–Crippen MR) is 61.4 cm³/mol. The molecule has 1 heterocycles. The van der Waals surface area contributed by atoms with Gasteiger partial charge < -0.3 is 15.6 Å². The van der Waals surface area contributed by atoms with E-state index in [2.05, 4.69) is 15.0 Å². The maximum atomic E-state index is 11.6. The fraction of sp³-hybridized carbons (Fsp3) is 0.600. The maximum absolute atomic E-state index is 11.6. The first-order chi connectivity index (χ1) is 7.25. The normalized spacial score (nSPS) is 24.6. The highest BCUT2D eigenvalue weighted by atomic mass is 35.5. The molecule has 3 N–H and O–H groups in total. The van der Waals surface area contributed by atoms with Crippen molar-refractivity contribution in [2.75, 3.05) is 0 Å². The third kappa shape index (κ3) is 3.21. The van der Waals surface area contributed by atoms with E-state index >= 15 is 0 Å². The minimum absolute atomic E-state index is 0. The van der Waals surface area contributed by atoms with E-state index in [9.17, 15) is 4.79 Å². The second kappa shape index (κ2) is 5.86. The number of amides is 1.